The van der Waals surface area contributed by atoms with Gasteiger partial charge in [0.2, 0.25) is 11.8 Å². The minimum Gasteiger partial charge on any atom is -0.336 e. The summed E-state index contributed by atoms with van der Waals surface area (Å²) in [5.41, 5.74) is 0.913. The van der Waals surface area contributed by atoms with Gasteiger partial charge in [-0.25, -0.2) is 4.98 Å². The van der Waals surface area contributed by atoms with Crippen LogP contribution in [0.2, 0.25) is 0 Å². The van der Waals surface area contributed by atoms with E-state index >= 15 is 0 Å². The lowest BCUT2D eigenvalue weighted by atomic mass is 9.86. The van der Waals surface area contributed by atoms with Gasteiger partial charge in [-0.05, 0) is 25.1 Å². The summed E-state index contributed by atoms with van der Waals surface area (Å²) < 4.78 is 8.34. The number of hydrogen-bond acceptors (Lipinski definition) is 6. The largest absolute Gasteiger partial charge is 0.336 e. The first-order chi connectivity index (χ1) is 15.9. The van der Waals surface area contributed by atoms with E-state index in [1.54, 1.807) is 30.1 Å². The minimum atomic E-state index is -1.01. The molecule has 0 unspecified atom stereocenters. The number of nitrogens with zero attached hydrogens (tertiary/aromatic N) is 4. The highest BCUT2D eigenvalue weighted by molar-refractivity contribution is 6.02. The lowest BCUT2D eigenvalue weighted by Crippen LogP contribution is -2.51. The smallest absolute Gasteiger partial charge is 0.262 e. The number of rotatable bonds is 0. The summed E-state index contributed by atoms with van der Waals surface area (Å²) in [5.74, 6) is 0.176. The summed E-state index contributed by atoms with van der Waals surface area (Å²) in [6, 6.07) is 13.6. The monoisotopic (exact) mass is 443 g/mol. The number of anilines is 1. The number of nitrogens with one attached hydrogen (secondary N) is 1. The molecule has 0 saturated carbocycles. The van der Waals surface area contributed by atoms with Gasteiger partial charge in [0.15, 0.2) is 12.1 Å². The Kier molecular flexibility index (Phi) is 3.48. The quantitative estimate of drug-likeness (QED) is 0.564. The first-order valence-corrected chi connectivity index (χ1v) is 11.1. The summed E-state index contributed by atoms with van der Waals surface area (Å²) in [5, 5.41) is 3.85. The van der Waals surface area contributed by atoms with Gasteiger partial charge in [-0.2, -0.15) is 0 Å². The second-order valence-corrected chi connectivity index (χ2v) is 9.21. The molecular formula is C24H21N5O4. The molecule has 2 bridgehead atoms. The molecule has 166 valence electrons. The van der Waals surface area contributed by atoms with E-state index in [1.807, 2.05) is 37.3 Å². The standard InChI is InChI=1S/C24H21N5O4/c1-12-19(30)29-16-10-6-4-8-14(16)24(23(29)25-12)11-17-21(32)27(2)22(33-24)18-26-15-9-5-3-7-13(15)20(31)28(17)18/h3-10,12,17,22-23,25H,11H2,1-2H3/t12-,17-,22-,23+,24+/m0/s1. The van der Waals surface area contributed by atoms with Gasteiger partial charge in [0.05, 0.1) is 22.6 Å². The van der Waals surface area contributed by atoms with E-state index in [0.29, 0.717) is 16.7 Å². The Bertz CT molecular complexity index is 1450. The lowest BCUT2D eigenvalue weighted by Gasteiger charge is -2.37. The third-order valence-corrected chi connectivity index (χ3v) is 7.51. The molecule has 5 atom stereocenters. The number of amides is 2. The molecule has 1 aromatic heterocycles. The number of carbonyl (C=O) groups excluding carboxylic acids is 2. The topological polar surface area (TPSA) is 96.8 Å². The van der Waals surface area contributed by atoms with Crippen molar-refractivity contribution in [2.24, 2.45) is 0 Å². The normalized spacial score (nSPS) is 31.8. The molecule has 6 heterocycles. The molecule has 8 rings (SSSR count). The van der Waals surface area contributed by atoms with Crippen molar-refractivity contribution < 1.29 is 14.3 Å². The second-order valence-electron chi connectivity index (χ2n) is 9.21. The number of hydrogen-bond donors (Lipinski definition) is 1. The van der Waals surface area contributed by atoms with Crippen molar-refractivity contribution in [1.82, 2.24) is 19.8 Å². The highest BCUT2D eigenvalue weighted by Gasteiger charge is 2.64. The van der Waals surface area contributed by atoms with Gasteiger partial charge in [-0.3, -0.25) is 29.2 Å². The molecule has 9 nitrogen and oxygen atoms in total. The molecule has 2 saturated heterocycles. The molecule has 33 heavy (non-hydrogen) atoms. The maximum Gasteiger partial charge on any atom is 0.262 e. The summed E-state index contributed by atoms with van der Waals surface area (Å²) in [6.07, 6.45) is -1.14. The van der Waals surface area contributed by atoms with Crippen molar-refractivity contribution >= 4 is 28.4 Å². The Balaban J connectivity index is 1.51. The molecule has 1 N–H and O–H groups in total. The van der Waals surface area contributed by atoms with Gasteiger partial charge in [0, 0.05) is 19.0 Å². The highest BCUT2D eigenvalue weighted by atomic mass is 16.5. The van der Waals surface area contributed by atoms with E-state index in [1.165, 1.54) is 9.47 Å². The van der Waals surface area contributed by atoms with E-state index < -0.39 is 24.0 Å². The Morgan fingerprint density at radius 1 is 1.06 bits per heavy atom. The zero-order valence-electron chi connectivity index (χ0n) is 18.1. The summed E-state index contributed by atoms with van der Waals surface area (Å²) >= 11 is 0. The maximum atomic E-state index is 13.6. The van der Waals surface area contributed by atoms with Crippen LogP contribution in [0.4, 0.5) is 5.69 Å². The van der Waals surface area contributed by atoms with E-state index in [2.05, 4.69) is 5.32 Å². The summed E-state index contributed by atoms with van der Waals surface area (Å²) in [7, 11) is 1.68. The van der Waals surface area contributed by atoms with Gasteiger partial charge in [0.25, 0.3) is 5.56 Å². The molecule has 3 aromatic rings. The number of ether oxygens (including phenoxy) is 1. The molecule has 0 radical (unpaired) electrons. The van der Waals surface area contributed by atoms with E-state index in [4.69, 9.17) is 9.72 Å². The van der Waals surface area contributed by atoms with Crippen LogP contribution in [0.3, 0.4) is 0 Å². The average molecular weight is 443 g/mol. The molecule has 5 aliphatic heterocycles. The molecule has 2 amide bonds. The average Bonchev–Trinajstić information content (AvgIpc) is 3.14. The zero-order valence-corrected chi connectivity index (χ0v) is 18.1. The molecule has 5 aliphatic rings. The van der Waals surface area contributed by atoms with Crippen molar-refractivity contribution in [3.63, 3.8) is 0 Å². The minimum absolute atomic E-state index is 0.0391. The number of aromatic nitrogens is 2. The Morgan fingerprint density at radius 3 is 2.67 bits per heavy atom. The predicted molar refractivity (Wildman–Crippen MR) is 118 cm³/mol. The van der Waals surface area contributed by atoms with Crippen LogP contribution in [0.5, 0.6) is 0 Å². The number of benzene rings is 2. The van der Waals surface area contributed by atoms with Crippen LogP contribution in [0.25, 0.3) is 10.9 Å². The highest BCUT2D eigenvalue weighted by Crippen LogP contribution is 2.56. The third kappa shape index (κ3) is 2.14. The first kappa shape index (κ1) is 19.0. The fourth-order valence-electron chi connectivity index (χ4n) is 5.98. The fraction of sp³-hybridized carbons (Fsp3) is 0.333. The van der Waals surface area contributed by atoms with Crippen molar-refractivity contribution in [1.29, 1.82) is 0 Å². The summed E-state index contributed by atoms with van der Waals surface area (Å²) in [6.45, 7) is 1.83. The molecule has 9 heteroatoms. The summed E-state index contributed by atoms with van der Waals surface area (Å²) in [4.78, 5) is 48.2. The second kappa shape index (κ2) is 6.06. The van der Waals surface area contributed by atoms with Crippen LogP contribution >= 0.6 is 0 Å². The van der Waals surface area contributed by atoms with Crippen LogP contribution in [-0.2, 0) is 19.9 Å². The molecule has 2 fully saturated rings. The first-order valence-electron chi connectivity index (χ1n) is 11.1. The SMILES string of the molecule is C[C@@H]1N[C@@H]2N(C1=O)c1ccccc1[C@]21C[C@H]2C(=O)N(C)[C@@H](O1)c1nc3ccccc3c(=O)n12. The van der Waals surface area contributed by atoms with Crippen molar-refractivity contribution in [3.05, 3.63) is 70.3 Å². The molecule has 0 aliphatic carbocycles. The maximum absolute atomic E-state index is 13.6. The van der Waals surface area contributed by atoms with Crippen molar-refractivity contribution in [2.45, 2.75) is 43.4 Å². The molecule has 1 spiro atoms. The molecule has 2 aromatic carbocycles. The Morgan fingerprint density at radius 2 is 1.82 bits per heavy atom. The van der Waals surface area contributed by atoms with Crippen LogP contribution in [0.1, 0.15) is 37.0 Å². The van der Waals surface area contributed by atoms with Crippen LogP contribution in [-0.4, -0.2) is 45.5 Å². The molecular weight excluding hydrogens is 422 g/mol. The third-order valence-electron chi connectivity index (χ3n) is 7.51. The Hall–Kier alpha value is -3.56. The lowest BCUT2D eigenvalue weighted by molar-refractivity contribution is -0.169. The zero-order chi connectivity index (χ0) is 22.6. The van der Waals surface area contributed by atoms with Gasteiger partial charge in [-0.1, -0.05) is 30.3 Å². The van der Waals surface area contributed by atoms with Crippen LogP contribution < -0.4 is 15.8 Å². The van der Waals surface area contributed by atoms with E-state index in [9.17, 15) is 14.4 Å². The van der Waals surface area contributed by atoms with Crippen LogP contribution in [0.15, 0.2) is 53.3 Å². The number of likely N-dealkylation sites (N-methyl/N-ethyl adjacent to an activating group) is 1. The van der Waals surface area contributed by atoms with Gasteiger partial charge in [0.1, 0.15) is 17.8 Å². The van der Waals surface area contributed by atoms with Crippen LogP contribution in [0, 0.1) is 0 Å². The van der Waals surface area contributed by atoms with E-state index in [0.717, 1.165) is 11.3 Å². The van der Waals surface area contributed by atoms with Crippen molar-refractivity contribution in [3.8, 4) is 0 Å². The number of fused-ring (bicyclic) bond motifs is 5. The van der Waals surface area contributed by atoms with Gasteiger partial charge < -0.3 is 9.64 Å². The van der Waals surface area contributed by atoms with E-state index in [-0.39, 0.29) is 29.8 Å². The van der Waals surface area contributed by atoms with Gasteiger partial charge >= 0.3 is 0 Å². The fourth-order valence-corrected chi connectivity index (χ4v) is 5.98. The number of carbonyl (C=O) groups is 2. The van der Waals surface area contributed by atoms with Gasteiger partial charge in [-0.15, -0.1) is 0 Å². The number of para-hydroxylation sites is 2. The Labute approximate surface area is 188 Å². The van der Waals surface area contributed by atoms with Crippen molar-refractivity contribution in [2.75, 3.05) is 11.9 Å². The predicted octanol–water partition coefficient (Wildman–Crippen LogP) is 1.39.